The van der Waals surface area contributed by atoms with E-state index in [0.717, 1.165) is 44.9 Å². The summed E-state index contributed by atoms with van der Waals surface area (Å²) in [6.45, 7) is 10.4. The number of likely N-dealkylation sites (tertiary alicyclic amines) is 1. The van der Waals surface area contributed by atoms with Gasteiger partial charge in [-0.15, -0.1) is 0 Å². The molecule has 1 aliphatic heterocycles. The number of ketones is 2. The number of nitrogens with one attached hydrogen (secondary N) is 2. The minimum atomic E-state index is -1.00. The van der Waals surface area contributed by atoms with Crippen molar-refractivity contribution in [2.24, 2.45) is 40.2 Å². The Hall–Kier alpha value is -2.45. The number of nitrogens with zero attached hydrogens (tertiary/aromatic N) is 1. The van der Waals surface area contributed by atoms with Crippen LogP contribution in [0.15, 0.2) is 0 Å². The van der Waals surface area contributed by atoms with Crippen LogP contribution in [0.3, 0.4) is 0 Å². The molecule has 4 aliphatic rings. The van der Waals surface area contributed by atoms with E-state index in [1.54, 1.807) is 4.90 Å². The standard InChI is InChI=1S/C30H48N4O5/c1-29(2,3)25(33-28(39)32-19-12-7-6-8-13-19)27(38)34-16-20-22(30(20,4)5)23(34)21(35)15-18(24(36)26(31)37)14-17-10-9-11-17/h17-20,22-23,25H,6-16H2,1-5H3,(H2,31,37)(H2,32,33,39)/t18?,20-,22-,23+,25+/m0/s1. The van der Waals surface area contributed by atoms with Gasteiger partial charge in [-0.05, 0) is 47.8 Å². The molecule has 1 heterocycles. The molecule has 0 radical (unpaired) electrons. The molecule has 3 saturated carbocycles. The zero-order valence-corrected chi connectivity index (χ0v) is 24.4. The quantitative estimate of drug-likeness (QED) is 0.362. The van der Waals surface area contributed by atoms with Gasteiger partial charge in [-0.1, -0.05) is 73.1 Å². The van der Waals surface area contributed by atoms with Gasteiger partial charge in [0.05, 0.1) is 6.04 Å². The van der Waals surface area contributed by atoms with E-state index in [0.29, 0.717) is 18.9 Å². The van der Waals surface area contributed by atoms with E-state index in [4.69, 9.17) is 5.73 Å². The summed E-state index contributed by atoms with van der Waals surface area (Å²) in [6.07, 6.45) is 8.71. The van der Waals surface area contributed by atoms with Gasteiger partial charge in [-0.2, -0.15) is 0 Å². The summed E-state index contributed by atoms with van der Waals surface area (Å²) in [5.74, 6) is -2.36. The molecule has 3 aliphatic carbocycles. The van der Waals surface area contributed by atoms with Crippen LogP contribution in [0.25, 0.3) is 0 Å². The average Bonchev–Trinajstić information content (AvgIpc) is 3.15. The Balaban J connectivity index is 1.50. The highest BCUT2D eigenvalue weighted by Gasteiger charge is 2.69. The molecule has 0 spiro atoms. The van der Waals surface area contributed by atoms with E-state index in [1.807, 2.05) is 20.8 Å². The van der Waals surface area contributed by atoms with Crippen molar-refractivity contribution in [2.45, 2.75) is 117 Å². The molecular weight excluding hydrogens is 496 g/mol. The Labute approximate surface area is 232 Å². The highest BCUT2D eigenvalue weighted by molar-refractivity contribution is 6.36. The summed E-state index contributed by atoms with van der Waals surface area (Å²) >= 11 is 0. The number of carbonyl (C=O) groups is 5. The third-order valence-electron chi connectivity index (χ3n) is 10.1. The second-order valence-electron chi connectivity index (χ2n) is 14.3. The molecule has 1 unspecified atom stereocenters. The Morgan fingerprint density at radius 1 is 0.974 bits per heavy atom. The van der Waals surface area contributed by atoms with Crippen LogP contribution >= 0.6 is 0 Å². The maximum absolute atomic E-state index is 14.1. The van der Waals surface area contributed by atoms with Gasteiger partial charge in [0.2, 0.25) is 11.7 Å². The zero-order chi connectivity index (χ0) is 28.7. The first-order chi connectivity index (χ1) is 18.2. The smallest absolute Gasteiger partial charge is 0.315 e. The first-order valence-electron chi connectivity index (χ1n) is 15.0. The lowest BCUT2D eigenvalue weighted by atomic mass is 9.76. The zero-order valence-electron chi connectivity index (χ0n) is 24.4. The molecule has 4 amide bonds. The number of amides is 4. The maximum Gasteiger partial charge on any atom is 0.315 e. The van der Waals surface area contributed by atoms with Crippen molar-refractivity contribution in [1.82, 2.24) is 15.5 Å². The highest BCUT2D eigenvalue weighted by Crippen LogP contribution is 2.65. The van der Waals surface area contributed by atoms with Gasteiger partial charge in [-0.3, -0.25) is 19.2 Å². The Bertz CT molecular complexity index is 992. The summed E-state index contributed by atoms with van der Waals surface area (Å²) in [7, 11) is 0. The first kappa shape index (κ1) is 29.5. The summed E-state index contributed by atoms with van der Waals surface area (Å²) in [5, 5.41) is 5.98. The van der Waals surface area contributed by atoms with Crippen molar-refractivity contribution in [3.8, 4) is 0 Å². The normalized spacial score (nSPS) is 28.0. The minimum absolute atomic E-state index is 0.00123. The SMILES string of the molecule is CC(C)(C)[C@H](NC(=O)NC1CCCCC1)C(=O)N1C[C@H]2[C@@H]([C@H]1C(=O)CC(CC1CCC1)C(=O)C(N)=O)C2(C)C. The lowest BCUT2D eigenvalue weighted by molar-refractivity contribution is -0.144. The molecule has 9 nitrogen and oxygen atoms in total. The van der Waals surface area contributed by atoms with Crippen LogP contribution in [0.1, 0.15) is 98.8 Å². The van der Waals surface area contributed by atoms with Crippen molar-refractivity contribution >= 4 is 29.4 Å². The van der Waals surface area contributed by atoms with E-state index in [1.165, 1.54) is 6.42 Å². The summed E-state index contributed by atoms with van der Waals surface area (Å²) < 4.78 is 0. The molecule has 4 N–H and O–H groups in total. The summed E-state index contributed by atoms with van der Waals surface area (Å²) in [4.78, 5) is 67.0. The van der Waals surface area contributed by atoms with Crippen molar-refractivity contribution in [1.29, 1.82) is 0 Å². The number of Topliss-reactive ketones (excluding diaryl/α,β-unsaturated/α-hetero) is 2. The summed E-state index contributed by atoms with van der Waals surface area (Å²) in [5.41, 5.74) is 4.68. The van der Waals surface area contributed by atoms with Crippen LogP contribution in [-0.4, -0.2) is 59.0 Å². The maximum atomic E-state index is 14.1. The number of nitrogens with two attached hydrogens (primary N) is 1. The number of carbonyl (C=O) groups excluding carboxylic acids is 5. The van der Waals surface area contributed by atoms with Gasteiger partial charge in [0.1, 0.15) is 6.04 Å². The number of piperidine rings is 1. The van der Waals surface area contributed by atoms with Crippen LogP contribution in [-0.2, 0) is 19.2 Å². The topological polar surface area (TPSA) is 139 Å². The number of primary amides is 1. The molecule has 0 aromatic heterocycles. The van der Waals surface area contributed by atoms with Crippen LogP contribution in [0.5, 0.6) is 0 Å². The van der Waals surface area contributed by atoms with Crippen LogP contribution in [0.4, 0.5) is 4.79 Å². The highest BCUT2D eigenvalue weighted by atomic mass is 16.2. The number of hydrogen-bond acceptors (Lipinski definition) is 5. The number of urea groups is 1. The van der Waals surface area contributed by atoms with Gasteiger partial charge in [0.25, 0.3) is 5.91 Å². The first-order valence-corrected chi connectivity index (χ1v) is 15.0. The van der Waals surface area contributed by atoms with Gasteiger partial charge in [0.15, 0.2) is 5.78 Å². The van der Waals surface area contributed by atoms with Crippen molar-refractivity contribution in [3.05, 3.63) is 0 Å². The molecule has 5 atom stereocenters. The van der Waals surface area contributed by atoms with Crippen LogP contribution in [0.2, 0.25) is 0 Å². The Kier molecular flexibility index (Phi) is 8.48. The molecule has 1 saturated heterocycles. The lowest BCUT2D eigenvalue weighted by Crippen LogP contribution is -2.60. The predicted molar refractivity (Wildman–Crippen MR) is 147 cm³/mol. The molecule has 39 heavy (non-hydrogen) atoms. The van der Waals surface area contributed by atoms with E-state index in [9.17, 15) is 24.0 Å². The number of rotatable bonds is 10. The second kappa shape index (κ2) is 11.2. The van der Waals surface area contributed by atoms with Gasteiger partial charge in [-0.25, -0.2) is 4.79 Å². The molecular formula is C30H48N4O5. The van der Waals surface area contributed by atoms with E-state index in [-0.39, 0.29) is 47.4 Å². The number of hydrogen-bond donors (Lipinski definition) is 3. The van der Waals surface area contributed by atoms with E-state index in [2.05, 4.69) is 24.5 Å². The van der Waals surface area contributed by atoms with Gasteiger partial charge in [0, 0.05) is 24.9 Å². The largest absolute Gasteiger partial charge is 0.363 e. The van der Waals surface area contributed by atoms with E-state index >= 15 is 0 Å². The molecule has 9 heteroatoms. The van der Waals surface area contributed by atoms with E-state index < -0.39 is 35.1 Å². The molecule has 0 aromatic rings. The fourth-order valence-electron chi connectivity index (χ4n) is 7.28. The molecule has 0 bridgehead atoms. The minimum Gasteiger partial charge on any atom is -0.363 e. The summed E-state index contributed by atoms with van der Waals surface area (Å²) in [6, 6.07) is -1.72. The average molecular weight is 545 g/mol. The Morgan fingerprint density at radius 3 is 2.15 bits per heavy atom. The monoisotopic (exact) mass is 544 g/mol. The fourth-order valence-corrected chi connectivity index (χ4v) is 7.28. The third kappa shape index (κ3) is 6.32. The molecule has 218 valence electrons. The lowest BCUT2D eigenvalue weighted by Gasteiger charge is -2.38. The second-order valence-corrected chi connectivity index (χ2v) is 14.3. The van der Waals surface area contributed by atoms with Crippen molar-refractivity contribution < 1.29 is 24.0 Å². The fraction of sp³-hybridized carbons (Fsp3) is 0.833. The Morgan fingerprint density at radius 2 is 1.62 bits per heavy atom. The van der Waals surface area contributed by atoms with Gasteiger partial charge < -0.3 is 21.3 Å². The third-order valence-corrected chi connectivity index (χ3v) is 10.1. The molecule has 4 rings (SSSR count). The van der Waals surface area contributed by atoms with Crippen molar-refractivity contribution in [2.75, 3.05) is 6.54 Å². The van der Waals surface area contributed by atoms with Crippen molar-refractivity contribution in [3.63, 3.8) is 0 Å². The molecule has 4 fully saturated rings. The predicted octanol–water partition coefficient (Wildman–Crippen LogP) is 3.34. The number of fused-ring (bicyclic) bond motifs is 1. The molecule has 0 aromatic carbocycles. The van der Waals surface area contributed by atoms with Crippen LogP contribution in [0, 0.1) is 34.5 Å². The van der Waals surface area contributed by atoms with Gasteiger partial charge >= 0.3 is 6.03 Å². The van der Waals surface area contributed by atoms with Crippen LogP contribution < -0.4 is 16.4 Å².